The Kier molecular flexibility index (Phi) is 3.43. The quantitative estimate of drug-likeness (QED) is 0.611. The maximum atomic E-state index is 11.6. The van der Waals surface area contributed by atoms with Gasteiger partial charge in [-0.25, -0.2) is 0 Å². The van der Waals surface area contributed by atoms with Crippen molar-refractivity contribution in [1.82, 2.24) is 5.54 Å². The molecule has 1 rings (SSSR count). The summed E-state index contributed by atoms with van der Waals surface area (Å²) >= 11 is 7.70. The van der Waals surface area contributed by atoms with Gasteiger partial charge in [-0.05, 0) is 36.5 Å². The lowest BCUT2D eigenvalue weighted by Crippen LogP contribution is -2.17. The molecule has 12 heavy (non-hydrogen) atoms. The van der Waals surface area contributed by atoms with Crippen LogP contribution in [0.25, 0.3) is 0 Å². The van der Waals surface area contributed by atoms with Crippen molar-refractivity contribution in [3.05, 3.63) is 28.7 Å². The number of benzene rings is 1. The van der Waals surface area contributed by atoms with Crippen LogP contribution in [0.5, 0.6) is 5.75 Å². The molecule has 1 aromatic carbocycles. The van der Waals surface area contributed by atoms with Gasteiger partial charge in [0.1, 0.15) is 5.75 Å². The molecule has 0 unspecified atom stereocenters. The van der Waals surface area contributed by atoms with E-state index in [0.29, 0.717) is 5.75 Å². The molecule has 5 heteroatoms. The van der Waals surface area contributed by atoms with Gasteiger partial charge in [0.05, 0.1) is 0 Å². The third kappa shape index (κ3) is 2.75. The van der Waals surface area contributed by atoms with Crippen LogP contribution >= 0.6 is 28.1 Å². The molecule has 0 bridgehead atoms. The number of rotatable bonds is 1. The maximum Gasteiger partial charge on any atom is 0.290 e. The minimum Gasteiger partial charge on any atom is -0.430 e. The smallest absolute Gasteiger partial charge is 0.290 e. The van der Waals surface area contributed by atoms with Gasteiger partial charge >= 0.3 is 0 Å². The lowest BCUT2D eigenvalue weighted by atomic mass is 10.3. The Labute approximate surface area is 82.8 Å². The molecule has 0 aliphatic rings. The average molecular weight is 250 g/mol. The lowest BCUT2D eigenvalue weighted by molar-refractivity contribution is 0.382. The van der Waals surface area contributed by atoms with Crippen LogP contribution in [0.15, 0.2) is 28.7 Å². The van der Waals surface area contributed by atoms with E-state index < -0.39 is 0 Å². The van der Waals surface area contributed by atoms with Gasteiger partial charge in [0.25, 0.3) is 5.17 Å². The Morgan fingerprint density at radius 1 is 1.42 bits per heavy atom. The number of ether oxygens (including phenoxy) is 1. The summed E-state index contributed by atoms with van der Waals surface area (Å²) in [5.41, 5.74) is 1.23. The van der Waals surface area contributed by atoms with Crippen molar-refractivity contribution in [2.24, 2.45) is 0 Å². The third-order valence-electron chi connectivity index (χ3n) is 1.10. The molecular weight excluding hydrogens is 245 g/mol. The number of halogens is 2. The van der Waals surface area contributed by atoms with Gasteiger partial charge in [-0.1, -0.05) is 20.4 Å². The lowest BCUT2D eigenvalue weighted by Gasteiger charge is -2.02. The fraction of sp³-hybridized carbons (Fsp3) is 0. The van der Waals surface area contributed by atoms with Gasteiger partial charge in [0, 0.05) is 4.47 Å². The number of hydrogen-bond donors (Lipinski definition) is 1. The first-order chi connectivity index (χ1) is 5.72. The number of thiocarbonyl (C=S) groups is 1. The zero-order chi connectivity index (χ0) is 8.97. The highest BCUT2D eigenvalue weighted by molar-refractivity contribution is 9.10. The van der Waals surface area contributed by atoms with Crippen LogP contribution in [0.4, 0.5) is 4.48 Å². The summed E-state index contributed by atoms with van der Waals surface area (Å²) in [4.78, 5) is 0. The Balaban J connectivity index is 2.64. The monoisotopic (exact) mass is 249 g/mol. The minimum absolute atomic E-state index is 0.294. The van der Waals surface area contributed by atoms with Gasteiger partial charge < -0.3 is 4.74 Å². The van der Waals surface area contributed by atoms with Crippen LogP contribution < -0.4 is 10.3 Å². The molecule has 0 atom stereocenters. The molecule has 0 aliphatic carbocycles. The Morgan fingerprint density at radius 3 is 2.50 bits per heavy atom. The van der Waals surface area contributed by atoms with Crippen LogP contribution in [0.1, 0.15) is 0 Å². The Hall–Kier alpha value is -0.680. The number of hydrogen-bond acceptors (Lipinski definition) is 2. The van der Waals surface area contributed by atoms with Crippen LogP contribution in [0.3, 0.4) is 0 Å². The molecule has 0 fully saturated rings. The predicted octanol–water partition coefficient (Wildman–Crippen LogP) is 2.59. The van der Waals surface area contributed by atoms with Gasteiger partial charge in [-0.15, -0.1) is 0 Å². The van der Waals surface area contributed by atoms with E-state index in [0.717, 1.165) is 4.47 Å². The summed E-state index contributed by atoms with van der Waals surface area (Å²) < 4.78 is 17.4. The SMILES string of the molecule is FNC(=S)Oc1ccc(Br)cc1. The normalized spacial score (nSPS) is 9.17. The molecule has 1 aromatic rings. The van der Waals surface area contributed by atoms with E-state index in [1.165, 1.54) is 5.54 Å². The van der Waals surface area contributed by atoms with E-state index in [9.17, 15) is 4.48 Å². The summed E-state index contributed by atoms with van der Waals surface area (Å²) in [6, 6.07) is 6.90. The molecule has 0 aliphatic heterocycles. The van der Waals surface area contributed by atoms with E-state index >= 15 is 0 Å². The second kappa shape index (κ2) is 4.37. The van der Waals surface area contributed by atoms with Crippen molar-refractivity contribution in [1.29, 1.82) is 0 Å². The minimum atomic E-state index is -0.294. The summed E-state index contributed by atoms with van der Waals surface area (Å²) in [6.07, 6.45) is 0. The first-order valence-corrected chi connectivity index (χ1v) is 4.26. The highest BCUT2D eigenvalue weighted by Crippen LogP contribution is 2.15. The summed E-state index contributed by atoms with van der Waals surface area (Å²) in [6.45, 7) is 0. The van der Waals surface area contributed by atoms with Gasteiger partial charge in [0.2, 0.25) is 0 Å². The average Bonchev–Trinajstić information content (AvgIpc) is 2.09. The Bertz CT molecular complexity index is 277. The molecule has 1 N–H and O–H groups in total. The summed E-state index contributed by atoms with van der Waals surface area (Å²) in [5, 5.41) is -0.294. The molecule has 0 saturated heterocycles. The van der Waals surface area contributed by atoms with Crippen LogP contribution in [-0.4, -0.2) is 5.17 Å². The standard InChI is InChI=1S/C7H5BrFNOS/c8-5-1-3-6(4-2-5)11-7(12)10-9/h1-4H,(H,10,12). The van der Waals surface area contributed by atoms with Gasteiger partial charge in [-0.3, -0.25) is 0 Å². The van der Waals surface area contributed by atoms with Crippen molar-refractivity contribution in [2.75, 3.05) is 0 Å². The second-order valence-electron chi connectivity index (χ2n) is 1.94. The predicted molar refractivity (Wildman–Crippen MR) is 51.6 cm³/mol. The van der Waals surface area contributed by atoms with E-state index in [2.05, 4.69) is 28.1 Å². The van der Waals surface area contributed by atoms with Crippen molar-refractivity contribution >= 4 is 33.3 Å². The molecular formula is C7H5BrFNOS. The molecule has 0 heterocycles. The van der Waals surface area contributed by atoms with Crippen LogP contribution in [0.2, 0.25) is 0 Å². The zero-order valence-corrected chi connectivity index (χ0v) is 8.28. The van der Waals surface area contributed by atoms with E-state index in [1.807, 2.05) is 0 Å². The van der Waals surface area contributed by atoms with E-state index in [-0.39, 0.29) is 5.17 Å². The zero-order valence-electron chi connectivity index (χ0n) is 5.88. The second-order valence-corrected chi connectivity index (χ2v) is 3.22. The van der Waals surface area contributed by atoms with E-state index in [4.69, 9.17) is 4.74 Å². The fourth-order valence-electron chi connectivity index (χ4n) is 0.629. The van der Waals surface area contributed by atoms with Crippen molar-refractivity contribution < 1.29 is 9.22 Å². The highest BCUT2D eigenvalue weighted by Gasteiger charge is 1.97. The van der Waals surface area contributed by atoms with Crippen LogP contribution in [-0.2, 0) is 0 Å². The number of nitrogens with one attached hydrogen (secondary N) is 1. The first kappa shape index (κ1) is 9.41. The molecule has 0 saturated carbocycles. The first-order valence-electron chi connectivity index (χ1n) is 3.06. The molecule has 0 amide bonds. The van der Waals surface area contributed by atoms with Crippen molar-refractivity contribution in [2.45, 2.75) is 0 Å². The van der Waals surface area contributed by atoms with Crippen LogP contribution in [0, 0.1) is 0 Å². The molecule has 64 valence electrons. The van der Waals surface area contributed by atoms with Crippen molar-refractivity contribution in [3.63, 3.8) is 0 Å². The topological polar surface area (TPSA) is 21.3 Å². The maximum absolute atomic E-state index is 11.6. The van der Waals surface area contributed by atoms with E-state index in [1.54, 1.807) is 24.3 Å². The Morgan fingerprint density at radius 2 is 2.00 bits per heavy atom. The third-order valence-corrected chi connectivity index (χ3v) is 1.79. The molecule has 0 aromatic heterocycles. The largest absolute Gasteiger partial charge is 0.430 e. The molecule has 0 radical (unpaired) electrons. The molecule has 0 spiro atoms. The summed E-state index contributed by atoms with van der Waals surface area (Å²) in [5.74, 6) is 0.494. The fourth-order valence-corrected chi connectivity index (χ4v) is 0.990. The summed E-state index contributed by atoms with van der Waals surface area (Å²) in [7, 11) is 0. The van der Waals surface area contributed by atoms with Gasteiger partial charge in [0.15, 0.2) is 0 Å². The van der Waals surface area contributed by atoms with Crippen molar-refractivity contribution in [3.8, 4) is 5.75 Å². The molecule has 2 nitrogen and oxygen atoms in total. The van der Waals surface area contributed by atoms with Gasteiger partial charge in [-0.2, -0.15) is 5.54 Å². The highest BCUT2D eigenvalue weighted by atomic mass is 79.9.